The summed E-state index contributed by atoms with van der Waals surface area (Å²) in [6, 6.07) is 2.43. The maximum atomic E-state index is 10.8. The molecule has 0 atom stereocenters. The highest BCUT2D eigenvalue weighted by Crippen LogP contribution is 2.01. The zero-order valence-corrected chi connectivity index (χ0v) is 6.61. The van der Waals surface area contributed by atoms with Crippen LogP contribution in [0.25, 0.3) is 0 Å². The molecule has 0 aromatic carbocycles. The van der Waals surface area contributed by atoms with E-state index < -0.39 is 0 Å². The summed E-state index contributed by atoms with van der Waals surface area (Å²) < 4.78 is 0. The second kappa shape index (κ2) is 2.88. The first-order valence-corrected chi connectivity index (χ1v) is 3.38. The molecule has 58 valence electrons. The van der Waals surface area contributed by atoms with E-state index in [1.165, 1.54) is 19.1 Å². The van der Waals surface area contributed by atoms with Crippen molar-refractivity contribution in [1.82, 2.24) is 4.98 Å². The molecule has 0 aliphatic heterocycles. The Bertz CT molecular complexity index is 343. The summed E-state index contributed by atoms with van der Waals surface area (Å²) in [5.74, 6) is -0.204. The van der Waals surface area contributed by atoms with Gasteiger partial charge in [-0.25, -0.2) is 0 Å². The van der Waals surface area contributed by atoms with Gasteiger partial charge >= 0.3 is 0 Å². The minimum atomic E-state index is -0.265. The molecule has 0 fully saturated rings. The van der Waals surface area contributed by atoms with Gasteiger partial charge in [-0.1, -0.05) is 11.6 Å². The van der Waals surface area contributed by atoms with Gasteiger partial charge in [-0.15, -0.1) is 0 Å². The van der Waals surface area contributed by atoms with Gasteiger partial charge in [-0.2, -0.15) is 0 Å². The van der Waals surface area contributed by atoms with Crippen molar-refractivity contribution in [2.45, 2.75) is 6.92 Å². The van der Waals surface area contributed by atoms with Crippen LogP contribution >= 0.6 is 11.6 Å². The molecular formula is C7H6ClNO2. The van der Waals surface area contributed by atoms with Crippen LogP contribution in [0.15, 0.2) is 16.9 Å². The van der Waals surface area contributed by atoms with Crippen molar-refractivity contribution < 1.29 is 4.79 Å². The smallest absolute Gasteiger partial charge is 0.183 e. The third kappa shape index (κ3) is 1.91. The molecule has 0 saturated heterocycles. The Labute approximate surface area is 68.0 Å². The number of hydrogen-bond donors (Lipinski definition) is 1. The van der Waals surface area contributed by atoms with Gasteiger partial charge in [0.05, 0.1) is 5.69 Å². The van der Waals surface area contributed by atoms with Crippen LogP contribution in [0.1, 0.15) is 17.4 Å². The largest absolute Gasteiger partial charge is 0.343 e. The fraction of sp³-hybridized carbons (Fsp3) is 0.143. The predicted molar refractivity (Wildman–Crippen MR) is 42.1 cm³/mol. The van der Waals surface area contributed by atoms with Crippen molar-refractivity contribution in [3.63, 3.8) is 0 Å². The number of carbonyl (C=O) groups excluding carboxylic acids is 1. The number of ketones is 1. The molecule has 0 amide bonds. The topological polar surface area (TPSA) is 49.9 Å². The number of rotatable bonds is 1. The lowest BCUT2D eigenvalue weighted by Crippen LogP contribution is -2.05. The molecule has 0 aliphatic rings. The molecule has 1 rings (SSSR count). The molecule has 0 bridgehead atoms. The van der Waals surface area contributed by atoms with Gasteiger partial charge in [-0.05, 0) is 0 Å². The van der Waals surface area contributed by atoms with E-state index in [0.717, 1.165) is 0 Å². The van der Waals surface area contributed by atoms with Crippen molar-refractivity contribution in [3.05, 3.63) is 33.2 Å². The SMILES string of the molecule is CC(=O)c1cc(=O)cc(Cl)[nH]1. The summed E-state index contributed by atoms with van der Waals surface area (Å²) >= 11 is 5.49. The number of aromatic nitrogens is 1. The highest BCUT2D eigenvalue weighted by Gasteiger charge is 2.00. The Morgan fingerprint density at radius 2 is 2.18 bits per heavy atom. The van der Waals surface area contributed by atoms with Crippen LogP contribution in [-0.2, 0) is 0 Å². The number of hydrogen-bond acceptors (Lipinski definition) is 2. The van der Waals surface area contributed by atoms with Crippen molar-refractivity contribution >= 4 is 17.4 Å². The van der Waals surface area contributed by atoms with Crippen LogP contribution in [-0.4, -0.2) is 10.8 Å². The van der Waals surface area contributed by atoms with E-state index in [4.69, 9.17) is 11.6 Å². The number of pyridine rings is 1. The fourth-order valence-corrected chi connectivity index (χ4v) is 0.909. The lowest BCUT2D eigenvalue weighted by Gasteiger charge is -1.94. The first-order chi connectivity index (χ1) is 5.09. The number of Topliss-reactive ketones (excluding diaryl/α,β-unsaturated/α-hetero) is 1. The second-order valence-electron chi connectivity index (χ2n) is 2.13. The van der Waals surface area contributed by atoms with E-state index in [2.05, 4.69) is 4.98 Å². The molecule has 0 aliphatic carbocycles. The zero-order valence-electron chi connectivity index (χ0n) is 5.85. The van der Waals surface area contributed by atoms with Crippen LogP contribution in [0.2, 0.25) is 5.15 Å². The van der Waals surface area contributed by atoms with Crippen LogP contribution in [0, 0.1) is 0 Å². The molecule has 3 nitrogen and oxygen atoms in total. The highest BCUT2D eigenvalue weighted by molar-refractivity contribution is 6.29. The number of H-pyrrole nitrogens is 1. The molecular weight excluding hydrogens is 166 g/mol. The third-order valence-corrected chi connectivity index (χ3v) is 1.39. The Hall–Kier alpha value is -1.09. The van der Waals surface area contributed by atoms with Gasteiger partial charge in [-0.3, -0.25) is 9.59 Å². The average Bonchev–Trinajstić information content (AvgIpc) is 1.85. The van der Waals surface area contributed by atoms with Crippen LogP contribution < -0.4 is 5.43 Å². The summed E-state index contributed by atoms with van der Waals surface area (Å²) in [7, 11) is 0. The average molecular weight is 172 g/mol. The van der Waals surface area contributed by atoms with Gasteiger partial charge in [0.2, 0.25) is 0 Å². The normalized spacial score (nSPS) is 9.64. The first kappa shape index (κ1) is 8.01. The maximum Gasteiger partial charge on any atom is 0.183 e. The first-order valence-electron chi connectivity index (χ1n) is 3.00. The van der Waals surface area contributed by atoms with E-state index in [1.54, 1.807) is 0 Å². The van der Waals surface area contributed by atoms with Crippen LogP contribution in [0.4, 0.5) is 0 Å². The maximum absolute atomic E-state index is 10.8. The van der Waals surface area contributed by atoms with Gasteiger partial charge in [0.15, 0.2) is 11.2 Å². The van der Waals surface area contributed by atoms with Crippen LogP contribution in [0.5, 0.6) is 0 Å². The van der Waals surface area contributed by atoms with Gasteiger partial charge < -0.3 is 4.98 Å². The molecule has 0 radical (unpaired) electrons. The van der Waals surface area contributed by atoms with Crippen molar-refractivity contribution in [1.29, 1.82) is 0 Å². The Morgan fingerprint density at radius 1 is 1.55 bits per heavy atom. The molecule has 0 saturated carbocycles. The molecule has 11 heavy (non-hydrogen) atoms. The molecule has 1 N–H and O–H groups in total. The number of carbonyl (C=O) groups is 1. The fourth-order valence-electron chi connectivity index (χ4n) is 0.699. The van der Waals surface area contributed by atoms with Gasteiger partial charge in [0, 0.05) is 19.1 Å². The summed E-state index contributed by atoms with van der Waals surface area (Å²) in [6.45, 7) is 1.36. The van der Waals surface area contributed by atoms with Gasteiger partial charge in [0.1, 0.15) is 5.15 Å². The van der Waals surface area contributed by atoms with Crippen LogP contribution in [0.3, 0.4) is 0 Å². The molecule has 1 aromatic heterocycles. The number of nitrogens with one attached hydrogen (secondary N) is 1. The van der Waals surface area contributed by atoms with E-state index in [9.17, 15) is 9.59 Å². The van der Waals surface area contributed by atoms with E-state index >= 15 is 0 Å². The number of halogens is 1. The summed E-state index contributed by atoms with van der Waals surface area (Å²) in [5.41, 5.74) is -0.0264. The third-order valence-electron chi connectivity index (χ3n) is 1.19. The van der Waals surface area contributed by atoms with Crippen molar-refractivity contribution in [3.8, 4) is 0 Å². The lowest BCUT2D eigenvalue weighted by molar-refractivity contribution is 0.101. The van der Waals surface area contributed by atoms with E-state index in [0.29, 0.717) is 0 Å². The van der Waals surface area contributed by atoms with Gasteiger partial charge in [0.25, 0.3) is 0 Å². The van der Waals surface area contributed by atoms with Crippen molar-refractivity contribution in [2.75, 3.05) is 0 Å². The Kier molecular flexibility index (Phi) is 2.10. The molecule has 0 unspecified atom stereocenters. The molecule has 1 aromatic rings. The summed E-state index contributed by atoms with van der Waals surface area (Å²) in [5, 5.41) is 0.183. The van der Waals surface area contributed by atoms with E-state index in [1.807, 2.05) is 0 Å². The Balaban J connectivity index is 3.30. The minimum absolute atomic E-state index is 0.183. The molecule has 4 heteroatoms. The predicted octanol–water partition coefficient (Wildman–Crippen LogP) is 1.23. The molecule has 1 heterocycles. The quantitative estimate of drug-likeness (QED) is 0.511. The minimum Gasteiger partial charge on any atom is -0.343 e. The number of aromatic amines is 1. The molecule has 0 spiro atoms. The summed E-state index contributed by atoms with van der Waals surface area (Å²) in [4.78, 5) is 24.0. The standard InChI is InChI=1S/C7H6ClNO2/c1-4(10)6-2-5(11)3-7(8)9-6/h2-3H,1H3,(H,9,11). The summed E-state index contributed by atoms with van der Waals surface area (Å²) in [6.07, 6.45) is 0. The van der Waals surface area contributed by atoms with Crippen molar-refractivity contribution in [2.24, 2.45) is 0 Å². The highest BCUT2D eigenvalue weighted by atomic mass is 35.5. The zero-order chi connectivity index (χ0) is 8.43. The van der Waals surface area contributed by atoms with E-state index in [-0.39, 0.29) is 22.1 Å². The monoisotopic (exact) mass is 171 g/mol. The lowest BCUT2D eigenvalue weighted by atomic mass is 10.3. The second-order valence-corrected chi connectivity index (χ2v) is 2.54. The Morgan fingerprint density at radius 3 is 2.64 bits per heavy atom.